The summed E-state index contributed by atoms with van der Waals surface area (Å²) in [5, 5.41) is 3.04. The van der Waals surface area contributed by atoms with Crippen molar-refractivity contribution in [2.24, 2.45) is 11.8 Å². The van der Waals surface area contributed by atoms with Crippen LogP contribution in [0.25, 0.3) is 0 Å². The zero-order valence-corrected chi connectivity index (χ0v) is 14.3. The summed E-state index contributed by atoms with van der Waals surface area (Å²) in [6.07, 6.45) is 4.12. The highest BCUT2D eigenvalue weighted by Gasteiger charge is 2.32. The maximum Gasteiger partial charge on any atom is 0.257 e. The van der Waals surface area contributed by atoms with Gasteiger partial charge in [-0.1, -0.05) is 6.07 Å². The number of rotatable bonds is 4. The molecule has 0 spiro atoms. The Morgan fingerprint density at radius 1 is 1.16 bits per heavy atom. The molecule has 2 fully saturated rings. The third-order valence-electron chi connectivity index (χ3n) is 5.14. The smallest absolute Gasteiger partial charge is 0.257 e. The van der Waals surface area contributed by atoms with Crippen LogP contribution >= 0.6 is 0 Å². The first-order valence-electron chi connectivity index (χ1n) is 9.18. The van der Waals surface area contributed by atoms with E-state index in [1.54, 1.807) is 11.0 Å². The molecule has 0 unspecified atom stereocenters. The molecule has 1 atom stereocenters. The number of para-hydroxylation sites is 1. The van der Waals surface area contributed by atoms with E-state index in [9.17, 15) is 9.59 Å². The summed E-state index contributed by atoms with van der Waals surface area (Å²) in [5.41, 5.74) is 0.524. The quantitative estimate of drug-likeness (QED) is 0.905. The summed E-state index contributed by atoms with van der Waals surface area (Å²) >= 11 is 0. The molecule has 1 aromatic carbocycles. The van der Waals surface area contributed by atoms with Crippen molar-refractivity contribution < 1.29 is 19.1 Å². The molecule has 134 valence electrons. The molecule has 1 saturated heterocycles. The molecule has 0 bridgehead atoms. The maximum atomic E-state index is 13.0. The number of nitrogens with one attached hydrogen (secondary N) is 1. The normalized spacial score (nSPS) is 22.4. The molecule has 1 saturated carbocycles. The van der Waals surface area contributed by atoms with E-state index in [2.05, 4.69) is 5.32 Å². The molecule has 2 aliphatic heterocycles. The van der Waals surface area contributed by atoms with E-state index in [0.717, 1.165) is 19.4 Å². The predicted molar refractivity (Wildman–Crippen MR) is 91.8 cm³/mol. The lowest BCUT2D eigenvalue weighted by atomic mass is 9.96. The van der Waals surface area contributed by atoms with Gasteiger partial charge in [-0.05, 0) is 43.7 Å². The second-order valence-electron chi connectivity index (χ2n) is 7.11. The largest absolute Gasteiger partial charge is 0.486 e. The average Bonchev–Trinajstić information content (AvgIpc) is 3.49. The highest BCUT2D eigenvalue weighted by molar-refractivity contribution is 5.98. The summed E-state index contributed by atoms with van der Waals surface area (Å²) in [6, 6.07) is 5.40. The summed E-state index contributed by atoms with van der Waals surface area (Å²) in [5.74, 6) is 1.69. The number of amides is 2. The van der Waals surface area contributed by atoms with Crippen molar-refractivity contribution >= 4 is 11.8 Å². The van der Waals surface area contributed by atoms with Gasteiger partial charge in [-0.15, -0.1) is 0 Å². The number of nitrogens with zero attached hydrogens (tertiary/aromatic N) is 1. The van der Waals surface area contributed by atoms with Gasteiger partial charge in [-0.2, -0.15) is 0 Å². The van der Waals surface area contributed by atoms with E-state index >= 15 is 0 Å². The summed E-state index contributed by atoms with van der Waals surface area (Å²) < 4.78 is 11.2. The van der Waals surface area contributed by atoms with Gasteiger partial charge in [0.25, 0.3) is 5.91 Å². The second kappa shape index (κ2) is 6.94. The number of carbonyl (C=O) groups is 2. The minimum atomic E-state index is -0.117. The van der Waals surface area contributed by atoms with Crippen LogP contribution in [0.3, 0.4) is 0 Å². The Hall–Kier alpha value is -2.24. The Kier molecular flexibility index (Phi) is 4.51. The highest BCUT2D eigenvalue weighted by atomic mass is 16.6. The van der Waals surface area contributed by atoms with Crippen molar-refractivity contribution in [3.05, 3.63) is 23.8 Å². The van der Waals surface area contributed by atoms with Crippen molar-refractivity contribution in [2.45, 2.75) is 25.7 Å². The average molecular weight is 344 g/mol. The van der Waals surface area contributed by atoms with Crippen molar-refractivity contribution in [1.82, 2.24) is 10.2 Å². The zero-order chi connectivity index (χ0) is 17.2. The van der Waals surface area contributed by atoms with Gasteiger partial charge in [0.1, 0.15) is 13.2 Å². The first-order chi connectivity index (χ1) is 12.2. The number of benzene rings is 1. The van der Waals surface area contributed by atoms with Crippen LogP contribution in [-0.2, 0) is 4.79 Å². The van der Waals surface area contributed by atoms with Crippen LogP contribution < -0.4 is 14.8 Å². The molecule has 3 aliphatic rings. The minimum Gasteiger partial charge on any atom is -0.486 e. The van der Waals surface area contributed by atoms with E-state index in [0.29, 0.717) is 49.3 Å². The van der Waals surface area contributed by atoms with Crippen LogP contribution in [0, 0.1) is 11.8 Å². The molecule has 1 aromatic rings. The third-order valence-corrected chi connectivity index (χ3v) is 5.14. The highest BCUT2D eigenvalue weighted by Crippen LogP contribution is 2.35. The number of likely N-dealkylation sites (tertiary alicyclic amines) is 1. The van der Waals surface area contributed by atoms with Crippen molar-refractivity contribution in [3.63, 3.8) is 0 Å². The molecule has 6 heteroatoms. The van der Waals surface area contributed by atoms with Gasteiger partial charge in [-0.25, -0.2) is 0 Å². The number of hydrogen-bond acceptors (Lipinski definition) is 4. The molecule has 0 radical (unpaired) electrons. The third kappa shape index (κ3) is 3.57. The molecule has 0 aromatic heterocycles. The Labute approximate surface area is 147 Å². The summed E-state index contributed by atoms with van der Waals surface area (Å²) in [6.45, 7) is 2.87. The molecule has 2 heterocycles. The fourth-order valence-corrected chi connectivity index (χ4v) is 3.50. The number of fused-ring (bicyclic) bond motifs is 1. The van der Waals surface area contributed by atoms with Gasteiger partial charge >= 0.3 is 0 Å². The van der Waals surface area contributed by atoms with Crippen LogP contribution in [-0.4, -0.2) is 49.6 Å². The maximum absolute atomic E-state index is 13.0. The number of piperidine rings is 1. The van der Waals surface area contributed by atoms with Gasteiger partial charge < -0.3 is 19.7 Å². The predicted octanol–water partition coefficient (Wildman–Crippen LogP) is 1.84. The first-order valence-corrected chi connectivity index (χ1v) is 9.18. The van der Waals surface area contributed by atoms with Gasteiger partial charge in [0, 0.05) is 19.6 Å². The number of hydrogen-bond donors (Lipinski definition) is 1. The SMILES string of the molecule is O=C(NCC1CC1)[C@@H]1CCCN(C(=O)c2cccc3c2OCCO3)C1. The monoisotopic (exact) mass is 344 g/mol. The van der Waals surface area contributed by atoms with Gasteiger partial charge in [0.15, 0.2) is 11.5 Å². The molecular formula is C19H24N2O4. The van der Waals surface area contributed by atoms with Crippen LogP contribution in [0.1, 0.15) is 36.0 Å². The van der Waals surface area contributed by atoms with Gasteiger partial charge in [0.2, 0.25) is 5.91 Å². The van der Waals surface area contributed by atoms with Gasteiger partial charge in [0.05, 0.1) is 11.5 Å². The summed E-state index contributed by atoms with van der Waals surface area (Å²) in [7, 11) is 0. The molecular weight excluding hydrogens is 320 g/mol. The van der Waals surface area contributed by atoms with Gasteiger partial charge in [-0.3, -0.25) is 9.59 Å². The molecule has 4 rings (SSSR count). The standard InChI is InChI=1S/C19H24N2O4/c22-18(20-11-13-6-7-13)14-3-2-8-21(12-14)19(23)15-4-1-5-16-17(15)25-10-9-24-16/h1,4-5,13-14H,2-3,6-12H2,(H,20,22)/t14-/m1/s1. The van der Waals surface area contributed by atoms with E-state index in [4.69, 9.17) is 9.47 Å². The van der Waals surface area contributed by atoms with Crippen LogP contribution in [0.4, 0.5) is 0 Å². The van der Waals surface area contributed by atoms with Crippen molar-refractivity contribution in [3.8, 4) is 11.5 Å². The lowest BCUT2D eigenvalue weighted by Gasteiger charge is -2.33. The van der Waals surface area contributed by atoms with Crippen molar-refractivity contribution in [1.29, 1.82) is 0 Å². The number of carbonyl (C=O) groups excluding carboxylic acids is 2. The lowest BCUT2D eigenvalue weighted by molar-refractivity contribution is -0.126. The Morgan fingerprint density at radius 2 is 2.00 bits per heavy atom. The van der Waals surface area contributed by atoms with E-state index in [-0.39, 0.29) is 17.7 Å². The van der Waals surface area contributed by atoms with Crippen LogP contribution in [0.15, 0.2) is 18.2 Å². The molecule has 2 amide bonds. The topological polar surface area (TPSA) is 67.9 Å². The van der Waals surface area contributed by atoms with Crippen LogP contribution in [0.5, 0.6) is 11.5 Å². The summed E-state index contributed by atoms with van der Waals surface area (Å²) in [4.78, 5) is 27.1. The Balaban J connectivity index is 1.44. The molecule has 1 N–H and O–H groups in total. The van der Waals surface area contributed by atoms with Crippen LogP contribution in [0.2, 0.25) is 0 Å². The number of ether oxygens (including phenoxy) is 2. The fourth-order valence-electron chi connectivity index (χ4n) is 3.50. The minimum absolute atomic E-state index is 0.0814. The zero-order valence-electron chi connectivity index (χ0n) is 14.3. The van der Waals surface area contributed by atoms with E-state index in [1.165, 1.54) is 12.8 Å². The first kappa shape index (κ1) is 16.2. The Bertz CT molecular complexity index is 671. The van der Waals surface area contributed by atoms with Crippen molar-refractivity contribution in [2.75, 3.05) is 32.8 Å². The van der Waals surface area contributed by atoms with E-state index in [1.807, 2.05) is 12.1 Å². The second-order valence-corrected chi connectivity index (χ2v) is 7.11. The molecule has 1 aliphatic carbocycles. The molecule has 6 nitrogen and oxygen atoms in total. The Morgan fingerprint density at radius 3 is 2.84 bits per heavy atom. The fraction of sp³-hybridized carbons (Fsp3) is 0.579. The lowest BCUT2D eigenvalue weighted by Crippen LogP contribution is -2.45. The molecule has 25 heavy (non-hydrogen) atoms. The van der Waals surface area contributed by atoms with E-state index < -0.39 is 0 Å².